The number of aromatic nitrogens is 3. The number of ether oxygens (including phenoxy) is 1. The molecule has 0 radical (unpaired) electrons. The minimum absolute atomic E-state index is 0.0473. The molecule has 8 heteroatoms. The van der Waals surface area contributed by atoms with E-state index in [1.54, 1.807) is 34.1 Å². The number of para-hydroxylation sites is 1. The van der Waals surface area contributed by atoms with Gasteiger partial charge in [0, 0.05) is 11.6 Å². The number of thioether (sulfide) groups is 1. The van der Waals surface area contributed by atoms with Gasteiger partial charge in [-0.3, -0.25) is 9.36 Å². The molecule has 1 atom stereocenters. The fourth-order valence-electron chi connectivity index (χ4n) is 3.54. The van der Waals surface area contributed by atoms with Crippen LogP contribution in [0, 0.1) is 0 Å². The van der Waals surface area contributed by atoms with E-state index in [0.717, 1.165) is 34.7 Å². The minimum Gasteiger partial charge on any atom is -0.376 e. The summed E-state index contributed by atoms with van der Waals surface area (Å²) in [5.74, 6) is 0.656. The number of thiazole rings is 1. The molecule has 148 valence electrons. The molecule has 1 aliphatic heterocycles. The van der Waals surface area contributed by atoms with Crippen LogP contribution in [0.15, 0.2) is 52.4 Å². The summed E-state index contributed by atoms with van der Waals surface area (Å²) in [6, 6.07) is 13.3. The molecule has 4 aromatic rings. The number of fused-ring (bicyclic) bond motifs is 2. The largest absolute Gasteiger partial charge is 0.376 e. The van der Waals surface area contributed by atoms with E-state index in [2.05, 4.69) is 6.07 Å². The van der Waals surface area contributed by atoms with Crippen LogP contribution in [0.4, 0.5) is 0 Å². The van der Waals surface area contributed by atoms with Crippen molar-refractivity contribution in [1.82, 2.24) is 14.5 Å². The maximum atomic E-state index is 13.2. The third kappa shape index (κ3) is 3.92. The molecule has 29 heavy (non-hydrogen) atoms. The van der Waals surface area contributed by atoms with Gasteiger partial charge in [0.2, 0.25) is 0 Å². The molecule has 2 aromatic heterocycles. The molecule has 0 bridgehead atoms. The van der Waals surface area contributed by atoms with Gasteiger partial charge in [-0.2, -0.15) is 0 Å². The van der Waals surface area contributed by atoms with Crippen molar-refractivity contribution < 1.29 is 4.74 Å². The van der Waals surface area contributed by atoms with Crippen LogP contribution >= 0.6 is 34.7 Å². The van der Waals surface area contributed by atoms with Gasteiger partial charge in [-0.05, 0) is 43.2 Å². The highest BCUT2D eigenvalue weighted by atomic mass is 35.5. The smallest absolute Gasteiger partial charge is 0.262 e. The summed E-state index contributed by atoms with van der Waals surface area (Å²) < 4.78 is 8.69. The van der Waals surface area contributed by atoms with Crippen molar-refractivity contribution in [3.8, 4) is 0 Å². The molecule has 0 amide bonds. The number of hydrogen-bond donors (Lipinski definition) is 0. The second-order valence-corrected chi connectivity index (χ2v) is 9.46. The Morgan fingerprint density at radius 3 is 2.93 bits per heavy atom. The molecule has 3 heterocycles. The van der Waals surface area contributed by atoms with Gasteiger partial charge < -0.3 is 4.74 Å². The summed E-state index contributed by atoms with van der Waals surface area (Å²) >= 11 is 9.34. The van der Waals surface area contributed by atoms with Crippen LogP contribution in [0.2, 0.25) is 5.02 Å². The highest BCUT2D eigenvalue weighted by molar-refractivity contribution is 7.98. The Labute approximate surface area is 180 Å². The van der Waals surface area contributed by atoms with Crippen molar-refractivity contribution in [2.75, 3.05) is 6.61 Å². The number of halogens is 1. The lowest BCUT2D eigenvalue weighted by molar-refractivity contribution is 0.0937. The zero-order valence-electron chi connectivity index (χ0n) is 15.5. The van der Waals surface area contributed by atoms with Crippen molar-refractivity contribution in [2.24, 2.45) is 0 Å². The summed E-state index contributed by atoms with van der Waals surface area (Å²) in [4.78, 5) is 22.7. The van der Waals surface area contributed by atoms with Crippen molar-refractivity contribution in [1.29, 1.82) is 0 Å². The molecule has 5 nitrogen and oxygen atoms in total. The monoisotopic (exact) mass is 443 g/mol. The molecule has 1 unspecified atom stereocenters. The van der Waals surface area contributed by atoms with E-state index in [0.29, 0.717) is 33.4 Å². The molecule has 1 saturated heterocycles. The van der Waals surface area contributed by atoms with Gasteiger partial charge in [0.15, 0.2) is 5.16 Å². The Balaban J connectivity index is 1.51. The highest BCUT2D eigenvalue weighted by Gasteiger charge is 2.20. The van der Waals surface area contributed by atoms with Crippen LogP contribution in [-0.2, 0) is 17.0 Å². The quantitative estimate of drug-likeness (QED) is 0.316. The Morgan fingerprint density at radius 2 is 2.10 bits per heavy atom. The topological polar surface area (TPSA) is 57.0 Å². The van der Waals surface area contributed by atoms with Gasteiger partial charge in [-0.25, -0.2) is 9.97 Å². The third-order valence-electron chi connectivity index (χ3n) is 4.96. The minimum atomic E-state index is -0.0473. The van der Waals surface area contributed by atoms with Crippen LogP contribution in [0.25, 0.3) is 21.1 Å². The molecule has 0 spiro atoms. The van der Waals surface area contributed by atoms with Gasteiger partial charge in [-0.15, -0.1) is 11.3 Å². The Hall–Kier alpha value is -1.93. The van der Waals surface area contributed by atoms with Crippen LogP contribution < -0.4 is 5.56 Å². The Kier molecular flexibility index (Phi) is 5.30. The van der Waals surface area contributed by atoms with E-state index < -0.39 is 0 Å². The maximum absolute atomic E-state index is 13.2. The number of benzene rings is 2. The van der Waals surface area contributed by atoms with Crippen molar-refractivity contribution >= 4 is 55.8 Å². The SMILES string of the molecule is O=c1c2ccc(Cl)cc2nc(SCc2nc3ccccc3s2)n1CC1CCCO1. The summed E-state index contributed by atoms with van der Waals surface area (Å²) in [5.41, 5.74) is 1.58. The van der Waals surface area contributed by atoms with E-state index in [1.807, 2.05) is 18.2 Å². The molecular weight excluding hydrogens is 426 g/mol. The molecule has 2 aromatic carbocycles. The predicted octanol–water partition coefficient (Wildman–Crippen LogP) is 5.13. The van der Waals surface area contributed by atoms with Gasteiger partial charge in [0.05, 0.1) is 39.5 Å². The molecule has 5 rings (SSSR count). The zero-order valence-corrected chi connectivity index (χ0v) is 17.9. The van der Waals surface area contributed by atoms with Gasteiger partial charge in [0.25, 0.3) is 5.56 Å². The highest BCUT2D eigenvalue weighted by Crippen LogP contribution is 2.29. The molecule has 0 aliphatic carbocycles. The number of hydrogen-bond acceptors (Lipinski definition) is 6. The molecule has 0 N–H and O–H groups in total. The number of nitrogens with zero attached hydrogens (tertiary/aromatic N) is 3. The summed E-state index contributed by atoms with van der Waals surface area (Å²) in [6.07, 6.45) is 2.05. The Morgan fingerprint density at radius 1 is 1.21 bits per heavy atom. The van der Waals surface area contributed by atoms with Gasteiger partial charge in [-0.1, -0.05) is 35.5 Å². The lowest BCUT2D eigenvalue weighted by atomic mass is 10.2. The van der Waals surface area contributed by atoms with Crippen LogP contribution in [0.3, 0.4) is 0 Å². The molecular formula is C21H18ClN3O2S2. The first-order chi connectivity index (χ1) is 14.2. The van der Waals surface area contributed by atoms with Crippen LogP contribution in [-0.4, -0.2) is 27.2 Å². The third-order valence-corrected chi connectivity index (χ3v) is 7.40. The molecule has 0 saturated carbocycles. The van der Waals surface area contributed by atoms with Gasteiger partial charge >= 0.3 is 0 Å². The normalized spacial score (nSPS) is 16.8. The number of rotatable bonds is 5. The predicted molar refractivity (Wildman–Crippen MR) is 119 cm³/mol. The average Bonchev–Trinajstić information content (AvgIpc) is 3.37. The fraction of sp³-hybridized carbons (Fsp3) is 0.286. The van der Waals surface area contributed by atoms with Crippen molar-refractivity contribution in [3.05, 3.63) is 62.8 Å². The second kappa shape index (κ2) is 8.07. The summed E-state index contributed by atoms with van der Waals surface area (Å²) in [5, 5.41) is 2.85. The van der Waals surface area contributed by atoms with Crippen LogP contribution in [0.1, 0.15) is 17.8 Å². The first-order valence-electron chi connectivity index (χ1n) is 9.46. The van der Waals surface area contributed by atoms with E-state index in [9.17, 15) is 4.79 Å². The summed E-state index contributed by atoms with van der Waals surface area (Å²) in [7, 11) is 0. The lowest BCUT2D eigenvalue weighted by Gasteiger charge is -2.16. The lowest BCUT2D eigenvalue weighted by Crippen LogP contribution is -2.28. The first-order valence-corrected chi connectivity index (χ1v) is 11.6. The van der Waals surface area contributed by atoms with E-state index >= 15 is 0 Å². The van der Waals surface area contributed by atoms with Crippen molar-refractivity contribution in [2.45, 2.75) is 36.4 Å². The fourth-order valence-corrected chi connectivity index (χ4v) is 5.68. The van der Waals surface area contributed by atoms with Crippen molar-refractivity contribution in [3.63, 3.8) is 0 Å². The Bertz CT molecular complexity index is 1210. The summed E-state index contributed by atoms with van der Waals surface area (Å²) in [6.45, 7) is 1.27. The van der Waals surface area contributed by atoms with Crippen LogP contribution in [0.5, 0.6) is 0 Å². The molecule has 1 aliphatic rings. The standard InChI is InChI=1S/C21H18ClN3O2S2/c22-13-7-8-15-17(10-13)24-21(25(20(15)26)11-14-4-3-9-27-14)28-12-19-23-16-5-1-2-6-18(16)29-19/h1-2,5-8,10,14H,3-4,9,11-12H2. The second-order valence-electron chi connectivity index (χ2n) is 6.97. The van der Waals surface area contributed by atoms with Gasteiger partial charge in [0.1, 0.15) is 5.01 Å². The molecule has 1 fully saturated rings. The zero-order chi connectivity index (χ0) is 19.8. The first kappa shape index (κ1) is 19.1. The van der Waals surface area contributed by atoms with E-state index in [1.165, 1.54) is 11.8 Å². The average molecular weight is 444 g/mol. The maximum Gasteiger partial charge on any atom is 0.262 e. The van der Waals surface area contributed by atoms with E-state index in [-0.39, 0.29) is 11.7 Å². The van der Waals surface area contributed by atoms with E-state index in [4.69, 9.17) is 26.3 Å².